The first-order valence-corrected chi connectivity index (χ1v) is 11.0. The number of hydrogen-bond acceptors (Lipinski definition) is 6. The van der Waals surface area contributed by atoms with Crippen LogP contribution in [0.5, 0.6) is 11.5 Å². The number of nitrogens with one attached hydrogen (secondary N) is 1. The first-order valence-electron chi connectivity index (χ1n) is 10.2. The first-order chi connectivity index (χ1) is 16.0. The van der Waals surface area contributed by atoms with Crippen LogP contribution in [0.15, 0.2) is 48.8 Å². The lowest BCUT2D eigenvalue weighted by molar-refractivity contribution is -0.133. The van der Waals surface area contributed by atoms with Gasteiger partial charge < -0.3 is 19.9 Å². The molecule has 172 valence electrons. The molecule has 33 heavy (non-hydrogen) atoms. The van der Waals surface area contributed by atoms with Crippen LogP contribution < -0.4 is 10.1 Å². The molecule has 0 bridgehead atoms. The number of nitrogens with zero attached hydrogens (tertiary/aromatic N) is 6. The minimum Gasteiger partial charge on any atom is -0.456 e. The Morgan fingerprint density at radius 3 is 2.42 bits per heavy atom. The second kappa shape index (κ2) is 10.5. The molecule has 0 saturated carbocycles. The van der Waals surface area contributed by atoms with E-state index in [-0.39, 0.29) is 18.5 Å². The molecule has 0 spiro atoms. The van der Waals surface area contributed by atoms with Gasteiger partial charge in [0.1, 0.15) is 29.4 Å². The Kier molecular flexibility index (Phi) is 7.26. The van der Waals surface area contributed by atoms with Gasteiger partial charge in [-0.1, -0.05) is 41.4 Å². The Balaban J connectivity index is 1.22. The van der Waals surface area contributed by atoms with Gasteiger partial charge in [0.25, 0.3) is 0 Å². The van der Waals surface area contributed by atoms with Crippen molar-refractivity contribution in [1.29, 1.82) is 0 Å². The van der Waals surface area contributed by atoms with Gasteiger partial charge in [0.15, 0.2) is 0 Å². The number of carbonyl (C=O) groups excluding carboxylic acids is 2. The lowest BCUT2D eigenvalue weighted by Gasteiger charge is -2.34. The second-order valence-electron chi connectivity index (χ2n) is 7.33. The Morgan fingerprint density at radius 2 is 1.73 bits per heavy atom. The molecule has 1 N–H and O–H groups in total. The van der Waals surface area contributed by atoms with Gasteiger partial charge in [0.05, 0.1) is 5.02 Å². The molecule has 2 aromatic carbocycles. The molecule has 3 amide bonds. The van der Waals surface area contributed by atoms with Crippen LogP contribution in [0.25, 0.3) is 0 Å². The third-order valence-electron chi connectivity index (χ3n) is 5.12. The van der Waals surface area contributed by atoms with Gasteiger partial charge in [0.2, 0.25) is 5.91 Å². The molecular weight excluding hydrogens is 469 g/mol. The summed E-state index contributed by atoms with van der Waals surface area (Å²) in [5.41, 5.74) is 0.920. The van der Waals surface area contributed by atoms with E-state index in [0.29, 0.717) is 54.3 Å². The average Bonchev–Trinajstić information content (AvgIpc) is 3.34. The van der Waals surface area contributed by atoms with Crippen molar-refractivity contribution in [3.05, 3.63) is 64.4 Å². The average molecular weight is 490 g/mol. The van der Waals surface area contributed by atoms with Crippen molar-refractivity contribution in [2.45, 2.75) is 13.1 Å². The number of rotatable bonds is 6. The standard InChI is InChI=1S/C21H21Cl2N7O3/c22-17-2-1-3-18(20(17)23)33-16-6-4-15(5-7-16)12-24-21(32)29-10-8-28(9-11-29)19(31)13-30-14-25-26-27-30/h1-7,14H,8-13H2,(H,24,32). The lowest BCUT2D eigenvalue weighted by atomic mass is 10.2. The number of carbonyl (C=O) groups is 2. The minimum absolute atomic E-state index is 0.0799. The Labute approximate surface area is 200 Å². The summed E-state index contributed by atoms with van der Waals surface area (Å²) in [5, 5.41) is 14.4. The maximum absolute atomic E-state index is 12.5. The van der Waals surface area contributed by atoms with Gasteiger partial charge >= 0.3 is 6.03 Å². The zero-order valence-corrected chi connectivity index (χ0v) is 19.0. The fourth-order valence-corrected chi connectivity index (χ4v) is 3.64. The Bertz CT molecular complexity index is 1100. The van der Waals surface area contributed by atoms with Crippen molar-refractivity contribution in [3.63, 3.8) is 0 Å². The number of halogens is 2. The van der Waals surface area contributed by atoms with E-state index in [4.69, 9.17) is 27.9 Å². The number of benzene rings is 2. The predicted octanol–water partition coefficient (Wildman–Crippen LogP) is 2.83. The number of piperazine rings is 1. The number of ether oxygens (including phenoxy) is 1. The molecule has 0 atom stereocenters. The van der Waals surface area contributed by atoms with E-state index >= 15 is 0 Å². The summed E-state index contributed by atoms with van der Waals surface area (Å²) in [4.78, 5) is 28.2. The van der Waals surface area contributed by atoms with E-state index in [1.807, 2.05) is 12.1 Å². The molecule has 1 aliphatic rings. The maximum Gasteiger partial charge on any atom is 0.317 e. The summed E-state index contributed by atoms with van der Waals surface area (Å²) in [5.74, 6) is 1.00. The molecule has 0 aliphatic carbocycles. The van der Waals surface area contributed by atoms with E-state index in [9.17, 15) is 9.59 Å². The summed E-state index contributed by atoms with van der Waals surface area (Å²) < 4.78 is 7.15. The van der Waals surface area contributed by atoms with Crippen molar-refractivity contribution in [2.75, 3.05) is 26.2 Å². The molecule has 4 rings (SSSR count). The fourth-order valence-electron chi connectivity index (χ4n) is 3.30. The Hall–Kier alpha value is -3.37. The molecule has 1 aliphatic heterocycles. The summed E-state index contributed by atoms with van der Waals surface area (Å²) in [6, 6.07) is 12.3. The van der Waals surface area contributed by atoms with Gasteiger partial charge in [-0.3, -0.25) is 4.79 Å². The molecule has 1 fully saturated rings. The molecule has 10 nitrogen and oxygen atoms in total. The van der Waals surface area contributed by atoms with Gasteiger partial charge in [-0.05, 0) is 40.3 Å². The molecule has 12 heteroatoms. The van der Waals surface area contributed by atoms with Crippen LogP contribution in [0, 0.1) is 0 Å². The quantitative estimate of drug-likeness (QED) is 0.570. The van der Waals surface area contributed by atoms with Crippen LogP contribution in [-0.2, 0) is 17.9 Å². The molecule has 0 radical (unpaired) electrons. The number of tetrazole rings is 1. The topological polar surface area (TPSA) is 105 Å². The van der Waals surface area contributed by atoms with Crippen molar-refractivity contribution in [1.82, 2.24) is 35.3 Å². The van der Waals surface area contributed by atoms with Crippen molar-refractivity contribution in [2.24, 2.45) is 0 Å². The first kappa shape index (κ1) is 22.8. The SMILES string of the molecule is O=C(Cn1cnnn1)N1CCN(C(=O)NCc2ccc(Oc3cccc(Cl)c3Cl)cc2)CC1. The van der Waals surface area contributed by atoms with Gasteiger partial charge in [0, 0.05) is 32.7 Å². The van der Waals surface area contributed by atoms with Gasteiger partial charge in [-0.2, -0.15) is 0 Å². The van der Waals surface area contributed by atoms with E-state index < -0.39 is 0 Å². The van der Waals surface area contributed by atoms with E-state index in [0.717, 1.165) is 5.56 Å². The zero-order chi connectivity index (χ0) is 23.2. The van der Waals surface area contributed by atoms with Gasteiger partial charge in [-0.25, -0.2) is 9.48 Å². The van der Waals surface area contributed by atoms with Crippen molar-refractivity contribution >= 4 is 35.1 Å². The highest BCUT2D eigenvalue weighted by atomic mass is 35.5. The fraction of sp³-hybridized carbons (Fsp3) is 0.286. The van der Waals surface area contributed by atoms with Crippen LogP contribution in [0.1, 0.15) is 5.56 Å². The van der Waals surface area contributed by atoms with Crippen LogP contribution in [-0.4, -0.2) is 68.1 Å². The normalized spacial score (nSPS) is 13.6. The number of amides is 3. The summed E-state index contributed by atoms with van der Waals surface area (Å²) in [6.45, 7) is 2.30. The number of urea groups is 1. The van der Waals surface area contributed by atoms with Crippen LogP contribution >= 0.6 is 23.2 Å². The third kappa shape index (κ3) is 5.91. The monoisotopic (exact) mass is 489 g/mol. The summed E-state index contributed by atoms with van der Waals surface area (Å²) >= 11 is 12.2. The molecule has 3 aromatic rings. The van der Waals surface area contributed by atoms with Crippen molar-refractivity contribution in [3.8, 4) is 11.5 Å². The van der Waals surface area contributed by atoms with E-state index in [1.165, 1.54) is 11.0 Å². The highest BCUT2D eigenvalue weighted by Crippen LogP contribution is 2.34. The number of aromatic nitrogens is 4. The zero-order valence-electron chi connectivity index (χ0n) is 17.5. The largest absolute Gasteiger partial charge is 0.456 e. The Morgan fingerprint density at radius 1 is 1.00 bits per heavy atom. The summed E-state index contributed by atoms with van der Waals surface area (Å²) in [6.07, 6.45) is 1.40. The van der Waals surface area contributed by atoms with Crippen LogP contribution in [0.3, 0.4) is 0 Å². The predicted molar refractivity (Wildman–Crippen MR) is 121 cm³/mol. The highest BCUT2D eigenvalue weighted by Gasteiger charge is 2.24. The number of hydrogen-bond donors (Lipinski definition) is 1. The molecule has 1 saturated heterocycles. The second-order valence-corrected chi connectivity index (χ2v) is 8.12. The molecule has 0 unspecified atom stereocenters. The molecule has 2 heterocycles. The van der Waals surface area contributed by atoms with Crippen LogP contribution in [0.2, 0.25) is 10.0 Å². The maximum atomic E-state index is 12.5. The summed E-state index contributed by atoms with van der Waals surface area (Å²) in [7, 11) is 0. The lowest BCUT2D eigenvalue weighted by Crippen LogP contribution is -2.53. The molecule has 1 aromatic heterocycles. The highest BCUT2D eigenvalue weighted by molar-refractivity contribution is 6.42. The van der Waals surface area contributed by atoms with Crippen molar-refractivity contribution < 1.29 is 14.3 Å². The van der Waals surface area contributed by atoms with E-state index in [2.05, 4.69) is 20.8 Å². The van der Waals surface area contributed by atoms with E-state index in [1.54, 1.807) is 40.1 Å². The van der Waals surface area contributed by atoms with Gasteiger partial charge in [-0.15, -0.1) is 5.10 Å². The minimum atomic E-state index is -0.173. The molecular formula is C21H21Cl2N7O3. The smallest absolute Gasteiger partial charge is 0.317 e. The van der Waals surface area contributed by atoms with Crippen LogP contribution in [0.4, 0.5) is 4.79 Å². The third-order valence-corrected chi connectivity index (χ3v) is 5.92.